The Labute approximate surface area is 122 Å². The molecule has 1 N–H and O–H groups in total. The molecule has 3 heteroatoms. The highest BCUT2D eigenvalue weighted by Crippen LogP contribution is 2.38. The van der Waals surface area contributed by atoms with E-state index in [4.69, 9.17) is 4.74 Å². The van der Waals surface area contributed by atoms with Gasteiger partial charge in [-0.15, -0.1) is 0 Å². The zero-order chi connectivity index (χ0) is 14.5. The molecule has 1 saturated carbocycles. The number of hydrogen-bond acceptors (Lipinski definition) is 3. The molecule has 0 spiro atoms. The molecule has 20 heavy (non-hydrogen) atoms. The summed E-state index contributed by atoms with van der Waals surface area (Å²) in [5.41, 5.74) is 2.21. The predicted molar refractivity (Wildman–Crippen MR) is 83.1 cm³/mol. The topological polar surface area (TPSA) is 32.7 Å². The van der Waals surface area contributed by atoms with Crippen molar-refractivity contribution in [3.05, 3.63) is 29.8 Å². The summed E-state index contributed by atoms with van der Waals surface area (Å²) in [5.74, 6) is 0.790. The van der Waals surface area contributed by atoms with Gasteiger partial charge in [0.25, 0.3) is 0 Å². The van der Waals surface area contributed by atoms with E-state index in [0.717, 1.165) is 24.4 Å². The Morgan fingerprint density at radius 2 is 2.05 bits per heavy atom. The lowest BCUT2D eigenvalue weighted by atomic mass is 10.0. The Morgan fingerprint density at radius 3 is 2.65 bits per heavy atom. The highest BCUT2D eigenvalue weighted by Gasteiger charge is 2.33. The van der Waals surface area contributed by atoms with Gasteiger partial charge in [-0.2, -0.15) is 0 Å². The smallest absolute Gasteiger partial charge is 0.0807 e. The van der Waals surface area contributed by atoms with Gasteiger partial charge in [0.1, 0.15) is 0 Å². The van der Waals surface area contributed by atoms with Crippen LogP contribution in [0.5, 0.6) is 0 Å². The quantitative estimate of drug-likeness (QED) is 0.790. The van der Waals surface area contributed by atoms with Crippen LogP contribution in [0.3, 0.4) is 0 Å². The van der Waals surface area contributed by atoms with Gasteiger partial charge in [-0.25, -0.2) is 0 Å². The summed E-state index contributed by atoms with van der Waals surface area (Å²) in [6, 6.07) is 8.75. The van der Waals surface area contributed by atoms with Crippen molar-refractivity contribution in [2.24, 2.45) is 5.92 Å². The van der Waals surface area contributed by atoms with Gasteiger partial charge in [-0.3, -0.25) is 0 Å². The molecule has 1 aliphatic rings. The molecule has 0 heterocycles. The number of nitrogens with zero attached hydrogens (tertiary/aromatic N) is 1. The summed E-state index contributed by atoms with van der Waals surface area (Å²) in [7, 11) is 1.74. The SMILES string of the molecule is CCC(O)c1ccccc1N(CCOC)C(C)C1CC1. The van der Waals surface area contributed by atoms with Gasteiger partial charge in [0.2, 0.25) is 0 Å². The minimum absolute atomic E-state index is 0.386. The molecule has 112 valence electrons. The highest BCUT2D eigenvalue weighted by molar-refractivity contribution is 5.55. The Morgan fingerprint density at radius 1 is 1.35 bits per heavy atom. The third-order valence-corrected chi connectivity index (χ3v) is 4.32. The summed E-state index contributed by atoms with van der Waals surface area (Å²) < 4.78 is 5.27. The van der Waals surface area contributed by atoms with E-state index < -0.39 is 0 Å². The minimum Gasteiger partial charge on any atom is -0.388 e. The second-order valence-electron chi connectivity index (χ2n) is 5.75. The largest absolute Gasteiger partial charge is 0.388 e. The van der Waals surface area contributed by atoms with Crippen LogP contribution in [0, 0.1) is 5.92 Å². The second kappa shape index (κ2) is 7.09. The molecule has 1 aliphatic carbocycles. The third-order valence-electron chi connectivity index (χ3n) is 4.32. The number of benzene rings is 1. The third kappa shape index (κ3) is 3.53. The average Bonchev–Trinajstić information content (AvgIpc) is 3.31. The van der Waals surface area contributed by atoms with Crippen molar-refractivity contribution in [1.29, 1.82) is 0 Å². The monoisotopic (exact) mass is 277 g/mol. The number of aliphatic hydroxyl groups excluding tert-OH is 1. The van der Waals surface area contributed by atoms with Gasteiger partial charge >= 0.3 is 0 Å². The van der Waals surface area contributed by atoms with E-state index in [1.807, 2.05) is 19.1 Å². The van der Waals surface area contributed by atoms with E-state index in [2.05, 4.69) is 24.0 Å². The van der Waals surface area contributed by atoms with Crippen molar-refractivity contribution < 1.29 is 9.84 Å². The van der Waals surface area contributed by atoms with Crippen molar-refractivity contribution in [3.8, 4) is 0 Å². The Kier molecular flexibility index (Phi) is 5.44. The highest BCUT2D eigenvalue weighted by atomic mass is 16.5. The maximum absolute atomic E-state index is 10.3. The first-order valence-electron chi connectivity index (χ1n) is 7.71. The van der Waals surface area contributed by atoms with E-state index in [1.165, 1.54) is 18.5 Å². The van der Waals surface area contributed by atoms with E-state index in [0.29, 0.717) is 12.6 Å². The zero-order valence-corrected chi connectivity index (χ0v) is 12.9. The van der Waals surface area contributed by atoms with Crippen LogP contribution < -0.4 is 4.90 Å². The van der Waals surface area contributed by atoms with Crippen molar-refractivity contribution in [3.63, 3.8) is 0 Å². The number of methoxy groups -OCH3 is 1. The van der Waals surface area contributed by atoms with Crippen LogP contribution in [0.15, 0.2) is 24.3 Å². The molecule has 0 aliphatic heterocycles. The zero-order valence-electron chi connectivity index (χ0n) is 12.9. The summed E-state index contributed by atoms with van der Waals surface area (Å²) in [5, 5.41) is 10.3. The lowest BCUT2D eigenvalue weighted by Crippen LogP contribution is -2.38. The molecule has 0 saturated heterocycles. The summed E-state index contributed by atoms with van der Waals surface area (Å²) in [6.07, 6.45) is 3.00. The van der Waals surface area contributed by atoms with Crippen molar-refractivity contribution >= 4 is 5.69 Å². The number of anilines is 1. The Balaban J connectivity index is 2.26. The first-order chi connectivity index (χ1) is 9.69. The van der Waals surface area contributed by atoms with Crippen molar-refractivity contribution in [2.45, 2.75) is 45.3 Å². The molecule has 1 aromatic carbocycles. The molecule has 1 aromatic rings. The number of ether oxygens (including phenoxy) is 1. The van der Waals surface area contributed by atoms with E-state index in [1.54, 1.807) is 7.11 Å². The first-order valence-corrected chi connectivity index (χ1v) is 7.71. The molecule has 0 aromatic heterocycles. The van der Waals surface area contributed by atoms with Crippen molar-refractivity contribution in [1.82, 2.24) is 0 Å². The van der Waals surface area contributed by atoms with Crippen LogP contribution >= 0.6 is 0 Å². The van der Waals surface area contributed by atoms with Crippen LogP contribution in [-0.4, -0.2) is 31.4 Å². The van der Waals surface area contributed by atoms with Gasteiger partial charge in [0, 0.05) is 30.9 Å². The molecule has 2 unspecified atom stereocenters. The lowest BCUT2D eigenvalue weighted by molar-refractivity contribution is 0.173. The van der Waals surface area contributed by atoms with Crippen LogP contribution in [0.1, 0.15) is 44.8 Å². The van der Waals surface area contributed by atoms with Crippen LogP contribution in [0.4, 0.5) is 5.69 Å². The second-order valence-corrected chi connectivity index (χ2v) is 5.75. The number of para-hydroxylation sites is 1. The first kappa shape index (κ1) is 15.3. The molecule has 0 amide bonds. The molecular weight excluding hydrogens is 250 g/mol. The van der Waals surface area contributed by atoms with Gasteiger partial charge in [-0.1, -0.05) is 25.1 Å². The Bertz CT molecular complexity index is 417. The van der Waals surface area contributed by atoms with Crippen LogP contribution in [-0.2, 0) is 4.74 Å². The van der Waals surface area contributed by atoms with E-state index >= 15 is 0 Å². The van der Waals surface area contributed by atoms with Gasteiger partial charge < -0.3 is 14.7 Å². The maximum Gasteiger partial charge on any atom is 0.0807 e. The molecule has 2 atom stereocenters. The van der Waals surface area contributed by atoms with E-state index in [-0.39, 0.29) is 6.10 Å². The Hall–Kier alpha value is -1.06. The normalized spacial score (nSPS) is 17.8. The maximum atomic E-state index is 10.3. The van der Waals surface area contributed by atoms with Gasteiger partial charge in [0.15, 0.2) is 0 Å². The fourth-order valence-electron chi connectivity index (χ4n) is 2.82. The molecule has 3 nitrogen and oxygen atoms in total. The predicted octanol–water partition coefficient (Wildman–Crippen LogP) is 3.38. The number of rotatable bonds is 8. The number of aliphatic hydroxyl groups is 1. The molecule has 2 rings (SSSR count). The summed E-state index contributed by atoms with van der Waals surface area (Å²) in [4.78, 5) is 2.41. The van der Waals surface area contributed by atoms with E-state index in [9.17, 15) is 5.11 Å². The summed E-state index contributed by atoms with van der Waals surface area (Å²) in [6.45, 7) is 5.91. The van der Waals surface area contributed by atoms with Crippen LogP contribution in [0.2, 0.25) is 0 Å². The fourth-order valence-corrected chi connectivity index (χ4v) is 2.82. The average molecular weight is 277 g/mol. The molecular formula is C17H27NO2. The van der Waals surface area contributed by atoms with Crippen LogP contribution in [0.25, 0.3) is 0 Å². The fraction of sp³-hybridized carbons (Fsp3) is 0.647. The lowest BCUT2D eigenvalue weighted by Gasteiger charge is -2.34. The van der Waals surface area contributed by atoms with Gasteiger partial charge in [0.05, 0.1) is 12.7 Å². The standard InChI is InChI=1S/C17H27NO2/c1-4-17(19)15-7-5-6-8-16(15)18(11-12-20-3)13(2)14-9-10-14/h5-8,13-14,17,19H,4,9-12H2,1-3H3. The van der Waals surface area contributed by atoms with Gasteiger partial charge in [-0.05, 0) is 38.2 Å². The molecule has 0 radical (unpaired) electrons. The molecule has 1 fully saturated rings. The minimum atomic E-state index is -0.386. The molecule has 0 bridgehead atoms. The summed E-state index contributed by atoms with van der Waals surface area (Å²) >= 11 is 0. The van der Waals surface area contributed by atoms with Crippen molar-refractivity contribution in [2.75, 3.05) is 25.2 Å². The number of hydrogen-bond donors (Lipinski definition) is 1.